The zero-order valence-electron chi connectivity index (χ0n) is 12.8. The van der Waals surface area contributed by atoms with Gasteiger partial charge in [-0.2, -0.15) is 0 Å². The van der Waals surface area contributed by atoms with Gasteiger partial charge in [0.1, 0.15) is 12.6 Å². The summed E-state index contributed by atoms with van der Waals surface area (Å²) in [5.41, 5.74) is 2.26. The van der Waals surface area contributed by atoms with Crippen LogP contribution in [0.1, 0.15) is 30.5 Å². The second kappa shape index (κ2) is 6.75. The molecule has 0 aliphatic carbocycles. The lowest BCUT2D eigenvalue weighted by molar-refractivity contribution is -0.158. The highest BCUT2D eigenvalue weighted by Crippen LogP contribution is 2.30. The summed E-state index contributed by atoms with van der Waals surface area (Å²) in [6.07, 6.45) is 0.880. The van der Waals surface area contributed by atoms with Crippen LogP contribution in [0.5, 0.6) is 0 Å². The molecule has 2 atom stereocenters. The number of hydrogen-bond donors (Lipinski definition) is 0. The van der Waals surface area contributed by atoms with E-state index in [-0.39, 0.29) is 18.1 Å². The van der Waals surface area contributed by atoms with E-state index in [9.17, 15) is 4.79 Å². The third kappa shape index (κ3) is 3.20. The molecule has 1 heterocycles. The number of benzene rings is 2. The van der Waals surface area contributed by atoms with E-state index in [1.807, 2.05) is 48.5 Å². The third-order valence-corrected chi connectivity index (χ3v) is 4.34. The lowest BCUT2D eigenvalue weighted by Gasteiger charge is -2.43. The number of likely N-dealkylation sites (tertiary alicyclic amines) is 1. The zero-order valence-corrected chi connectivity index (χ0v) is 12.8. The van der Waals surface area contributed by atoms with Gasteiger partial charge in [-0.05, 0) is 24.5 Å². The van der Waals surface area contributed by atoms with E-state index in [4.69, 9.17) is 4.74 Å². The van der Waals surface area contributed by atoms with Gasteiger partial charge in [-0.1, -0.05) is 60.7 Å². The predicted octanol–water partition coefficient (Wildman–Crippen LogP) is 3.57. The molecule has 0 amide bonds. The molecular formula is C19H21NO2. The van der Waals surface area contributed by atoms with Crippen LogP contribution < -0.4 is 0 Å². The van der Waals surface area contributed by atoms with E-state index < -0.39 is 0 Å². The summed E-state index contributed by atoms with van der Waals surface area (Å²) in [5.74, 6) is -0.113. The van der Waals surface area contributed by atoms with Crippen LogP contribution in [0, 0.1) is 0 Å². The molecule has 2 aromatic carbocycles. The Hall–Kier alpha value is -2.13. The van der Waals surface area contributed by atoms with Gasteiger partial charge in [0.15, 0.2) is 0 Å². The molecule has 1 aliphatic rings. The first kappa shape index (κ1) is 14.8. The minimum Gasteiger partial charge on any atom is -0.460 e. The molecule has 0 radical (unpaired) electrons. The molecule has 2 aromatic rings. The van der Waals surface area contributed by atoms with E-state index in [1.165, 1.54) is 5.56 Å². The fourth-order valence-electron chi connectivity index (χ4n) is 2.87. The summed E-state index contributed by atoms with van der Waals surface area (Å²) in [5, 5.41) is 0. The smallest absolute Gasteiger partial charge is 0.323 e. The number of carbonyl (C=O) groups is 1. The predicted molar refractivity (Wildman–Crippen MR) is 86.2 cm³/mol. The zero-order chi connectivity index (χ0) is 15.4. The van der Waals surface area contributed by atoms with E-state index in [0.717, 1.165) is 18.5 Å². The maximum atomic E-state index is 12.3. The lowest BCUT2D eigenvalue weighted by atomic mass is 9.96. The van der Waals surface area contributed by atoms with Crippen molar-refractivity contribution in [2.45, 2.75) is 32.0 Å². The molecule has 1 aliphatic heterocycles. The summed E-state index contributed by atoms with van der Waals surface area (Å²) in [6.45, 7) is 3.44. The molecule has 0 spiro atoms. The summed E-state index contributed by atoms with van der Waals surface area (Å²) >= 11 is 0. The molecule has 0 bridgehead atoms. The maximum Gasteiger partial charge on any atom is 0.323 e. The fraction of sp³-hybridized carbons (Fsp3) is 0.316. The summed E-state index contributed by atoms with van der Waals surface area (Å²) in [7, 11) is 0. The van der Waals surface area contributed by atoms with Crippen LogP contribution >= 0.6 is 0 Å². The Morgan fingerprint density at radius 3 is 2.36 bits per heavy atom. The summed E-state index contributed by atoms with van der Waals surface area (Å²) in [6, 6.07) is 20.2. The topological polar surface area (TPSA) is 29.5 Å². The van der Waals surface area contributed by atoms with Gasteiger partial charge in [0.05, 0.1) is 0 Å². The van der Waals surface area contributed by atoms with Crippen LogP contribution in [0.25, 0.3) is 0 Å². The Balaban J connectivity index is 1.57. The first-order chi connectivity index (χ1) is 10.8. The average molecular weight is 295 g/mol. The van der Waals surface area contributed by atoms with E-state index >= 15 is 0 Å². The van der Waals surface area contributed by atoms with Gasteiger partial charge in [0.2, 0.25) is 0 Å². The molecule has 114 valence electrons. The lowest BCUT2D eigenvalue weighted by Crippen LogP contribution is -2.53. The Morgan fingerprint density at radius 1 is 1.14 bits per heavy atom. The van der Waals surface area contributed by atoms with Crippen molar-refractivity contribution in [1.29, 1.82) is 0 Å². The van der Waals surface area contributed by atoms with E-state index in [1.54, 1.807) is 0 Å². The molecule has 2 unspecified atom stereocenters. The molecule has 0 saturated carbocycles. The quantitative estimate of drug-likeness (QED) is 0.790. The standard InChI is InChI=1S/C19H21NO2/c1-15(17-10-6-3-7-11-17)20-13-12-18(20)19(21)22-14-16-8-4-2-5-9-16/h2-11,15,18H,12-14H2,1H3. The van der Waals surface area contributed by atoms with Gasteiger partial charge in [0, 0.05) is 12.6 Å². The molecule has 0 aromatic heterocycles. The maximum absolute atomic E-state index is 12.3. The molecule has 3 nitrogen and oxygen atoms in total. The van der Waals surface area contributed by atoms with Crippen molar-refractivity contribution in [2.24, 2.45) is 0 Å². The van der Waals surface area contributed by atoms with Crippen LogP contribution in [0.4, 0.5) is 0 Å². The van der Waals surface area contributed by atoms with Gasteiger partial charge in [0.25, 0.3) is 0 Å². The average Bonchev–Trinajstić information content (AvgIpc) is 2.54. The van der Waals surface area contributed by atoms with Crippen LogP contribution in [0.15, 0.2) is 60.7 Å². The SMILES string of the molecule is CC(c1ccccc1)N1CCC1C(=O)OCc1ccccc1. The van der Waals surface area contributed by atoms with Gasteiger partial charge >= 0.3 is 5.97 Å². The highest BCUT2D eigenvalue weighted by molar-refractivity contribution is 5.77. The largest absolute Gasteiger partial charge is 0.460 e. The fourth-order valence-corrected chi connectivity index (χ4v) is 2.87. The van der Waals surface area contributed by atoms with Crippen molar-refractivity contribution in [3.8, 4) is 0 Å². The minimum absolute atomic E-state index is 0.112. The van der Waals surface area contributed by atoms with Crippen molar-refractivity contribution in [1.82, 2.24) is 4.90 Å². The Morgan fingerprint density at radius 2 is 1.77 bits per heavy atom. The summed E-state index contributed by atoms with van der Waals surface area (Å²) in [4.78, 5) is 14.5. The Bertz CT molecular complexity index is 612. The van der Waals surface area contributed by atoms with Crippen molar-refractivity contribution in [2.75, 3.05) is 6.54 Å². The van der Waals surface area contributed by atoms with Crippen molar-refractivity contribution >= 4 is 5.97 Å². The highest BCUT2D eigenvalue weighted by Gasteiger charge is 2.38. The van der Waals surface area contributed by atoms with Gasteiger partial charge in [-0.25, -0.2) is 0 Å². The minimum atomic E-state index is -0.113. The van der Waals surface area contributed by atoms with E-state index in [0.29, 0.717) is 6.61 Å². The monoisotopic (exact) mass is 295 g/mol. The van der Waals surface area contributed by atoms with Crippen LogP contribution in [-0.2, 0) is 16.1 Å². The summed E-state index contributed by atoms with van der Waals surface area (Å²) < 4.78 is 5.47. The number of esters is 1. The molecular weight excluding hydrogens is 274 g/mol. The normalized spacial score (nSPS) is 19.2. The van der Waals surface area contributed by atoms with Crippen molar-refractivity contribution < 1.29 is 9.53 Å². The van der Waals surface area contributed by atoms with Crippen LogP contribution in [0.2, 0.25) is 0 Å². The first-order valence-electron chi connectivity index (χ1n) is 7.77. The third-order valence-electron chi connectivity index (χ3n) is 4.34. The van der Waals surface area contributed by atoms with Crippen molar-refractivity contribution in [3.63, 3.8) is 0 Å². The molecule has 22 heavy (non-hydrogen) atoms. The molecule has 0 N–H and O–H groups in total. The van der Waals surface area contributed by atoms with E-state index in [2.05, 4.69) is 24.0 Å². The Labute approximate surface area is 131 Å². The second-order valence-electron chi connectivity index (χ2n) is 5.72. The first-order valence-corrected chi connectivity index (χ1v) is 7.77. The highest BCUT2D eigenvalue weighted by atomic mass is 16.5. The number of nitrogens with zero attached hydrogens (tertiary/aromatic N) is 1. The number of rotatable bonds is 5. The molecule has 3 heteroatoms. The molecule has 3 rings (SSSR count). The number of hydrogen-bond acceptors (Lipinski definition) is 3. The van der Waals surface area contributed by atoms with Gasteiger partial charge < -0.3 is 4.74 Å². The number of ether oxygens (including phenoxy) is 1. The Kier molecular flexibility index (Phi) is 4.54. The molecule has 1 fully saturated rings. The number of carbonyl (C=O) groups excluding carboxylic acids is 1. The van der Waals surface area contributed by atoms with Gasteiger partial charge in [-0.15, -0.1) is 0 Å². The van der Waals surface area contributed by atoms with Crippen molar-refractivity contribution in [3.05, 3.63) is 71.8 Å². The second-order valence-corrected chi connectivity index (χ2v) is 5.72. The van der Waals surface area contributed by atoms with Gasteiger partial charge in [-0.3, -0.25) is 9.69 Å². The van der Waals surface area contributed by atoms with Crippen LogP contribution in [0.3, 0.4) is 0 Å². The van der Waals surface area contributed by atoms with Crippen LogP contribution in [-0.4, -0.2) is 23.5 Å². The molecule has 1 saturated heterocycles.